The number of carbonyl (C=O) groups is 1. The van der Waals surface area contributed by atoms with E-state index in [9.17, 15) is 9.18 Å². The predicted molar refractivity (Wildman–Crippen MR) is 89.1 cm³/mol. The third-order valence-corrected chi connectivity index (χ3v) is 4.74. The number of thiophene rings is 1. The molecule has 5 heteroatoms. The van der Waals surface area contributed by atoms with Crippen molar-refractivity contribution in [2.45, 2.75) is 25.7 Å². The van der Waals surface area contributed by atoms with Crippen molar-refractivity contribution in [2.24, 2.45) is 0 Å². The second kappa shape index (κ2) is 6.92. The molecule has 1 aromatic heterocycles. The fourth-order valence-electron chi connectivity index (χ4n) is 2.72. The van der Waals surface area contributed by atoms with E-state index in [1.807, 2.05) is 17.5 Å². The molecule has 1 aliphatic rings. The Morgan fingerprint density at radius 2 is 2.05 bits per heavy atom. The fraction of sp³-hybridized carbons (Fsp3) is 0.353. The highest BCUT2D eigenvalue weighted by Gasteiger charge is 2.14. The highest BCUT2D eigenvalue weighted by Crippen LogP contribution is 2.25. The van der Waals surface area contributed by atoms with Gasteiger partial charge in [0.15, 0.2) is 0 Å². The second-order valence-corrected chi connectivity index (χ2v) is 6.55. The summed E-state index contributed by atoms with van der Waals surface area (Å²) in [6.45, 7) is 1.99. The van der Waals surface area contributed by atoms with Gasteiger partial charge in [0, 0.05) is 23.7 Å². The highest BCUT2D eigenvalue weighted by atomic mass is 32.1. The lowest BCUT2D eigenvalue weighted by Gasteiger charge is -2.29. The molecule has 0 aliphatic carbocycles. The molecular formula is C17H19FN2OS. The van der Waals surface area contributed by atoms with Crippen molar-refractivity contribution in [3.05, 3.63) is 46.4 Å². The maximum absolute atomic E-state index is 13.9. The summed E-state index contributed by atoms with van der Waals surface area (Å²) >= 11 is 1.53. The first-order valence-electron chi connectivity index (χ1n) is 7.59. The summed E-state index contributed by atoms with van der Waals surface area (Å²) in [7, 11) is 0. The van der Waals surface area contributed by atoms with Crippen LogP contribution in [0, 0.1) is 5.82 Å². The minimum atomic E-state index is -0.389. The first-order chi connectivity index (χ1) is 10.7. The Morgan fingerprint density at radius 3 is 2.77 bits per heavy atom. The van der Waals surface area contributed by atoms with E-state index in [-0.39, 0.29) is 23.8 Å². The summed E-state index contributed by atoms with van der Waals surface area (Å²) in [6, 6.07) is 8.78. The Hall–Kier alpha value is -1.88. The van der Waals surface area contributed by atoms with Gasteiger partial charge in [-0.05, 0) is 48.9 Å². The molecule has 1 saturated heterocycles. The van der Waals surface area contributed by atoms with Crippen molar-refractivity contribution in [3.63, 3.8) is 0 Å². The Bertz CT molecular complexity index is 636. The van der Waals surface area contributed by atoms with Gasteiger partial charge in [-0.25, -0.2) is 4.39 Å². The first-order valence-corrected chi connectivity index (χ1v) is 8.47. The average Bonchev–Trinajstić information content (AvgIpc) is 3.03. The van der Waals surface area contributed by atoms with Crippen LogP contribution < -0.4 is 10.2 Å². The van der Waals surface area contributed by atoms with Crippen LogP contribution in [-0.2, 0) is 11.2 Å². The van der Waals surface area contributed by atoms with E-state index in [0.717, 1.165) is 36.5 Å². The lowest BCUT2D eigenvalue weighted by Crippen LogP contribution is -2.29. The quantitative estimate of drug-likeness (QED) is 0.922. The van der Waals surface area contributed by atoms with Crippen LogP contribution in [-0.4, -0.2) is 19.0 Å². The monoisotopic (exact) mass is 318 g/mol. The number of anilines is 2. The van der Waals surface area contributed by atoms with E-state index < -0.39 is 0 Å². The van der Waals surface area contributed by atoms with Crippen LogP contribution in [0.5, 0.6) is 0 Å². The first kappa shape index (κ1) is 15.0. The Balaban J connectivity index is 1.70. The minimum Gasteiger partial charge on any atom is -0.371 e. The van der Waals surface area contributed by atoms with Crippen molar-refractivity contribution >= 4 is 28.6 Å². The summed E-state index contributed by atoms with van der Waals surface area (Å²) in [5, 5.41) is 4.62. The van der Waals surface area contributed by atoms with Gasteiger partial charge in [0.1, 0.15) is 5.82 Å². The Labute approximate surface area is 133 Å². The van der Waals surface area contributed by atoms with Gasteiger partial charge in [-0.15, -0.1) is 11.3 Å². The average molecular weight is 318 g/mol. The summed E-state index contributed by atoms with van der Waals surface area (Å²) in [4.78, 5) is 15.3. The van der Waals surface area contributed by atoms with Gasteiger partial charge in [-0.3, -0.25) is 4.79 Å². The molecule has 22 heavy (non-hydrogen) atoms. The van der Waals surface area contributed by atoms with E-state index in [4.69, 9.17) is 0 Å². The molecule has 3 nitrogen and oxygen atoms in total. The van der Waals surface area contributed by atoms with Crippen LogP contribution in [0.4, 0.5) is 15.8 Å². The number of nitrogens with one attached hydrogen (secondary N) is 1. The second-order valence-electron chi connectivity index (χ2n) is 5.52. The van der Waals surface area contributed by atoms with Crippen molar-refractivity contribution in [3.8, 4) is 0 Å². The lowest BCUT2D eigenvalue weighted by molar-refractivity contribution is -0.115. The van der Waals surface area contributed by atoms with Gasteiger partial charge in [-0.1, -0.05) is 6.07 Å². The van der Waals surface area contributed by atoms with Gasteiger partial charge >= 0.3 is 0 Å². The number of carbonyl (C=O) groups excluding carboxylic acids is 1. The topological polar surface area (TPSA) is 32.3 Å². The molecule has 1 aliphatic heterocycles. The molecule has 0 bridgehead atoms. The number of benzene rings is 1. The lowest BCUT2D eigenvalue weighted by atomic mass is 10.1. The Kier molecular flexibility index (Phi) is 4.73. The van der Waals surface area contributed by atoms with E-state index in [1.54, 1.807) is 12.1 Å². The summed E-state index contributed by atoms with van der Waals surface area (Å²) in [5.41, 5.74) is 1.25. The molecule has 2 aromatic rings. The fourth-order valence-corrected chi connectivity index (χ4v) is 3.43. The van der Waals surface area contributed by atoms with Crippen LogP contribution in [0.2, 0.25) is 0 Å². The number of nitrogens with zero attached hydrogens (tertiary/aromatic N) is 1. The zero-order valence-electron chi connectivity index (χ0n) is 12.3. The number of rotatable bonds is 4. The molecule has 2 heterocycles. The van der Waals surface area contributed by atoms with Crippen molar-refractivity contribution in [2.75, 3.05) is 23.3 Å². The molecule has 0 spiro atoms. The molecule has 0 atom stereocenters. The maximum Gasteiger partial charge on any atom is 0.229 e. The number of piperidine rings is 1. The van der Waals surface area contributed by atoms with Crippen LogP contribution in [0.3, 0.4) is 0 Å². The number of halogens is 1. The highest BCUT2D eigenvalue weighted by molar-refractivity contribution is 7.10. The van der Waals surface area contributed by atoms with Crippen LogP contribution in [0.25, 0.3) is 0 Å². The molecule has 1 fully saturated rings. The minimum absolute atomic E-state index is 0.183. The largest absolute Gasteiger partial charge is 0.371 e. The molecule has 1 amide bonds. The van der Waals surface area contributed by atoms with Crippen molar-refractivity contribution < 1.29 is 9.18 Å². The van der Waals surface area contributed by atoms with E-state index in [0.29, 0.717) is 0 Å². The standard InChI is InChI=1S/C17H19FN2OS/c18-15-7-6-13(20-8-2-1-3-9-20)11-16(15)19-17(21)12-14-5-4-10-22-14/h4-7,10-11H,1-3,8-9,12H2,(H,19,21). The van der Waals surface area contributed by atoms with E-state index >= 15 is 0 Å². The molecule has 0 radical (unpaired) electrons. The third kappa shape index (κ3) is 3.65. The molecule has 1 N–H and O–H groups in total. The van der Waals surface area contributed by atoms with Gasteiger partial charge in [0.05, 0.1) is 12.1 Å². The van der Waals surface area contributed by atoms with Crippen molar-refractivity contribution in [1.29, 1.82) is 0 Å². The van der Waals surface area contributed by atoms with Gasteiger partial charge in [0.25, 0.3) is 0 Å². The van der Waals surface area contributed by atoms with Gasteiger partial charge < -0.3 is 10.2 Å². The molecule has 3 rings (SSSR count). The third-order valence-electron chi connectivity index (χ3n) is 3.86. The van der Waals surface area contributed by atoms with Crippen LogP contribution in [0.1, 0.15) is 24.1 Å². The molecule has 1 aromatic carbocycles. The predicted octanol–water partition coefficient (Wildman–Crippen LogP) is 4.06. The number of hydrogen-bond acceptors (Lipinski definition) is 3. The smallest absolute Gasteiger partial charge is 0.229 e. The van der Waals surface area contributed by atoms with Gasteiger partial charge in [-0.2, -0.15) is 0 Å². The number of hydrogen-bond donors (Lipinski definition) is 1. The maximum atomic E-state index is 13.9. The molecule has 0 saturated carbocycles. The molecular weight excluding hydrogens is 299 g/mol. The molecule has 0 unspecified atom stereocenters. The van der Waals surface area contributed by atoms with E-state index in [2.05, 4.69) is 10.2 Å². The van der Waals surface area contributed by atoms with Crippen molar-refractivity contribution in [1.82, 2.24) is 0 Å². The zero-order valence-corrected chi connectivity index (χ0v) is 13.2. The zero-order chi connectivity index (χ0) is 15.4. The summed E-state index contributed by atoms with van der Waals surface area (Å²) in [5.74, 6) is -0.572. The SMILES string of the molecule is O=C(Cc1cccs1)Nc1cc(N2CCCCC2)ccc1F. The summed E-state index contributed by atoms with van der Waals surface area (Å²) in [6.07, 6.45) is 3.86. The normalized spacial score (nSPS) is 14.9. The van der Waals surface area contributed by atoms with E-state index in [1.165, 1.54) is 23.8 Å². The number of amides is 1. The van der Waals surface area contributed by atoms with Gasteiger partial charge in [0.2, 0.25) is 5.91 Å². The summed E-state index contributed by atoms with van der Waals surface area (Å²) < 4.78 is 13.9. The van der Waals surface area contributed by atoms with Crippen LogP contribution in [0.15, 0.2) is 35.7 Å². The van der Waals surface area contributed by atoms with Crippen LogP contribution >= 0.6 is 11.3 Å². The molecule has 116 valence electrons. The Morgan fingerprint density at radius 1 is 1.23 bits per heavy atom.